The minimum absolute atomic E-state index is 0.794. The fourth-order valence-electron chi connectivity index (χ4n) is 2.77. The molecule has 3 rings (SSSR count). The summed E-state index contributed by atoms with van der Waals surface area (Å²) in [6, 6.07) is 8.67. The van der Waals surface area contributed by atoms with Crippen LogP contribution in [0.25, 0.3) is 10.9 Å². The summed E-state index contributed by atoms with van der Waals surface area (Å²) in [4.78, 5) is 7.21. The molecule has 1 aliphatic heterocycles. The molecule has 0 saturated carbocycles. The van der Waals surface area contributed by atoms with Crippen molar-refractivity contribution in [2.45, 2.75) is 13.3 Å². The van der Waals surface area contributed by atoms with Gasteiger partial charge in [0.05, 0.1) is 24.4 Å². The molecule has 4 heteroatoms. The first kappa shape index (κ1) is 13.2. The lowest BCUT2D eigenvalue weighted by atomic mass is 10.1. The smallest absolute Gasteiger partial charge is 0.129 e. The summed E-state index contributed by atoms with van der Waals surface area (Å²) in [5.41, 5.74) is 3.56. The number of morpholine rings is 1. The number of benzene rings is 1. The molecular formula is C16H21N3O. The highest BCUT2D eigenvalue weighted by molar-refractivity contribution is 5.92. The van der Waals surface area contributed by atoms with E-state index in [9.17, 15) is 0 Å². The summed E-state index contributed by atoms with van der Waals surface area (Å²) in [5.74, 6) is 0.987. The lowest BCUT2D eigenvalue weighted by Crippen LogP contribution is -2.36. The number of nitrogens with zero attached hydrogens (tertiary/aromatic N) is 2. The minimum Gasteiger partial charge on any atom is -0.378 e. The highest BCUT2D eigenvalue weighted by Gasteiger charge is 2.15. The van der Waals surface area contributed by atoms with E-state index >= 15 is 0 Å². The van der Waals surface area contributed by atoms with Gasteiger partial charge in [0.1, 0.15) is 5.82 Å². The van der Waals surface area contributed by atoms with E-state index in [1.807, 2.05) is 7.05 Å². The number of hydrogen-bond donors (Lipinski definition) is 1. The Balaban J connectivity index is 2.12. The molecule has 1 saturated heterocycles. The fraction of sp³-hybridized carbons (Fsp3) is 0.438. The number of anilines is 2. The highest BCUT2D eigenvalue weighted by Crippen LogP contribution is 2.29. The number of fused-ring (bicyclic) bond motifs is 1. The molecule has 4 nitrogen and oxygen atoms in total. The Morgan fingerprint density at radius 2 is 2.10 bits per heavy atom. The van der Waals surface area contributed by atoms with Crippen molar-refractivity contribution < 1.29 is 4.74 Å². The average molecular weight is 271 g/mol. The van der Waals surface area contributed by atoms with Gasteiger partial charge in [0.25, 0.3) is 0 Å². The van der Waals surface area contributed by atoms with Crippen LogP contribution in [-0.2, 0) is 11.2 Å². The third kappa shape index (κ3) is 2.31. The Bertz CT molecular complexity index is 606. The van der Waals surface area contributed by atoms with Gasteiger partial charge in [-0.15, -0.1) is 0 Å². The van der Waals surface area contributed by atoms with Crippen LogP contribution in [0.4, 0.5) is 11.5 Å². The predicted octanol–water partition coefficient (Wildman–Crippen LogP) is 2.68. The first-order chi connectivity index (χ1) is 9.83. The lowest BCUT2D eigenvalue weighted by Gasteiger charge is -2.29. The van der Waals surface area contributed by atoms with Gasteiger partial charge < -0.3 is 15.0 Å². The maximum absolute atomic E-state index is 5.44. The maximum Gasteiger partial charge on any atom is 0.129 e. The third-order valence-electron chi connectivity index (χ3n) is 3.87. The summed E-state index contributed by atoms with van der Waals surface area (Å²) >= 11 is 0. The second-order valence-electron chi connectivity index (χ2n) is 5.05. The summed E-state index contributed by atoms with van der Waals surface area (Å²) in [6.45, 7) is 5.62. The van der Waals surface area contributed by atoms with E-state index < -0.39 is 0 Å². The molecule has 106 valence electrons. The Hall–Kier alpha value is -1.81. The molecule has 0 amide bonds. The van der Waals surface area contributed by atoms with Crippen LogP contribution < -0.4 is 10.2 Å². The number of ether oxygens (including phenoxy) is 1. The molecule has 0 unspecified atom stereocenters. The monoisotopic (exact) mass is 271 g/mol. The van der Waals surface area contributed by atoms with Crippen molar-refractivity contribution in [1.29, 1.82) is 0 Å². The zero-order valence-electron chi connectivity index (χ0n) is 12.1. The van der Waals surface area contributed by atoms with Gasteiger partial charge in [0.2, 0.25) is 0 Å². The second kappa shape index (κ2) is 5.67. The predicted molar refractivity (Wildman–Crippen MR) is 83.7 cm³/mol. The summed E-state index contributed by atoms with van der Waals surface area (Å²) < 4.78 is 5.44. The van der Waals surface area contributed by atoms with Gasteiger partial charge in [-0.1, -0.05) is 19.1 Å². The molecule has 1 fully saturated rings. The van der Waals surface area contributed by atoms with E-state index in [2.05, 4.69) is 41.4 Å². The topological polar surface area (TPSA) is 37.4 Å². The quantitative estimate of drug-likeness (QED) is 0.931. The molecule has 0 radical (unpaired) electrons. The van der Waals surface area contributed by atoms with Gasteiger partial charge in [0, 0.05) is 25.5 Å². The molecule has 1 N–H and O–H groups in total. The normalized spacial score (nSPS) is 15.6. The third-order valence-corrected chi connectivity index (χ3v) is 3.87. The number of aryl methyl sites for hydroxylation is 1. The second-order valence-corrected chi connectivity index (χ2v) is 5.05. The van der Waals surface area contributed by atoms with Crippen LogP contribution in [0.1, 0.15) is 12.5 Å². The van der Waals surface area contributed by atoms with E-state index in [0.717, 1.165) is 44.1 Å². The highest BCUT2D eigenvalue weighted by atomic mass is 16.5. The van der Waals surface area contributed by atoms with Gasteiger partial charge in [0.15, 0.2) is 0 Å². The van der Waals surface area contributed by atoms with Gasteiger partial charge >= 0.3 is 0 Å². The van der Waals surface area contributed by atoms with Gasteiger partial charge in [-0.05, 0) is 24.1 Å². The standard InChI is InChI=1S/C16H21N3O/c1-3-12-11-13-5-4-6-14(15(13)18-16(12)17-2)19-7-9-20-10-8-19/h4-6,11H,3,7-10H2,1-2H3,(H,17,18). The van der Waals surface area contributed by atoms with Crippen LogP contribution in [0.3, 0.4) is 0 Å². The number of rotatable bonds is 3. The molecule has 20 heavy (non-hydrogen) atoms. The number of hydrogen-bond acceptors (Lipinski definition) is 4. The van der Waals surface area contributed by atoms with Crippen molar-refractivity contribution in [3.8, 4) is 0 Å². The van der Waals surface area contributed by atoms with Crippen molar-refractivity contribution in [3.05, 3.63) is 29.8 Å². The van der Waals surface area contributed by atoms with E-state index in [0.29, 0.717) is 0 Å². The Morgan fingerprint density at radius 3 is 2.80 bits per heavy atom. The van der Waals surface area contributed by atoms with Gasteiger partial charge in [-0.2, -0.15) is 0 Å². The molecule has 2 aromatic rings. The fourth-order valence-corrected chi connectivity index (χ4v) is 2.77. The molecule has 0 atom stereocenters. The summed E-state index contributed by atoms with van der Waals surface area (Å²) in [6.07, 6.45) is 0.987. The summed E-state index contributed by atoms with van der Waals surface area (Å²) in [7, 11) is 1.94. The Kier molecular flexibility index (Phi) is 3.74. The van der Waals surface area contributed by atoms with E-state index in [-0.39, 0.29) is 0 Å². The molecular weight excluding hydrogens is 250 g/mol. The van der Waals surface area contributed by atoms with Crippen LogP contribution in [-0.4, -0.2) is 38.3 Å². The first-order valence-electron chi connectivity index (χ1n) is 7.26. The largest absolute Gasteiger partial charge is 0.378 e. The molecule has 0 aliphatic carbocycles. The minimum atomic E-state index is 0.794. The number of para-hydroxylation sites is 1. The zero-order valence-corrected chi connectivity index (χ0v) is 12.1. The van der Waals surface area contributed by atoms with Crippen molar-refractivity contribution >= 4 is 22.4 Å². The van der Waals surface area contributed by atoms with Crippen molar-refractivity contribution in [1.82, 2.24) is 4.98 Å². The number of pyridine rings is 1. The molecule has 0 spiro atoms. The van der Waals surface area contributed by atoms with E-state index in [4.69, 9.17) is 9.72 Å². The Morgan fingerprint density at radius 1 is 1.30 bits per heavy atom. The molecule has 2 heterocycles. The van der Waals surface area contributed by atoms with Crippen molar-refractivity contribution in [2.24, 2.45) is 0 Å². The SMILES string of the molecule is CCc1cc2cccc(N3CCOCC3)c2nc1NC. The number of nitrogens with one attached hydrogen (secondary N) is 1. The van der Waals surface area contributed by atoms with E-state index in [1.54, 1.807) is 0 Å². The average Bonchev–Trinajstić information content (AvgIpc) is 2.53. The van der Waals surface area contributed by atoms with E-state index in [1.165, 1.54) is 16.6 Å². The summed E-state index contributed by atoms with van der Waals surface area (Å²) in [5, 5.41) is 4.43. The van der Waals surface area contributed by atoms with Crippen LogP contribution in [0, 0.1) is 0 Å². The molecule has 0 bridgehead atoms. The van der Waals surface area contributed by atoms with Gasteiger partial charge in [-0.3, -0.25) is 0 Å². The van der Waals surface area contributed by atoms with Crippen LogP contribution in [0.2, 0.25) is 0 Å². The molecule has 1 aliphatic rings. The van der Waals surface area contributed by atoms with Crippen molar-refractivity contribution in [2.75, 3.05) is 43.6 Å². The van der Waals surface area contributed by atoms with Gasteiger partial charge in [-0.25, -0.2) is 4.98 Å². The van der Waals surface area contributed by atoms with Crippen LogP contribution in [0.5, 0.6) is 0 Å². The van der Waals surface area contributed by atoms with Crippen LogP contribution in [0.15, 0.2) is 24.3 Å². The lowest BCUT2D eigenvalue weighted by molar-refractivity contribution is 0.123. The Labute approximate surface area is 119 Å². The van der Waals surface area contributed by atoms with Crippen molar-refractivity contribution in [3.63, 3.8) is 0 Å². The number of aromatic nitrogens is 1. The molecule has 1 aromatic heterocycles. The first-order valence-corrected chi connectivity index (χ1v) is 7.26. The van der Waals surface area contributed by atoms with Crippen LogP contribution >= 0.6 is 0 Å². The maximum atomic E-state index is 5.44. The molecule has 1 aromatic carbocycles. The zero-order chi connectivity index (χ0) is 13.9.